The van der Waals surface area contributed by atoms with E-state index < -0.39 is 12.0 Å². The Kier molecular flexibility index (Phi) is 3.48. The van der Waals surface area contributed by atoms with Crippen LogP contribution in [0.2, 0.25) is 0 Å². The molecule has 0 aliphatic carbocycles. The van der Waals surface area contributed by atoms with Crippen molar-refractivity contribution in [2.75, 3.05) is 6.61 Å². The van der Waals surface area contributed by atoms with Crippen molar-refractivity contribution < 1.29 is 14.6 Å². The quantitative estimate of drug-likeness (QED) is 0.739. The van der Waals surface area contributed by atoms with Crippen molar-refractivity contribution in [3.05, 3.63) is 29.8 Å². The van der Waals surface area contributed by atoms with Gasteiger partial charge in [0.1, 0.15) is 5.75 Å². The number of carbonyl (C=O) groups excluding carboxylic acids is 1. The van der Waals surface area contributed by atoms with E-state index >= 15 is 0 Å². The first kappa shape index (κ1) is 10.5. The average Bonchev–Trinajstić information content (AvgIpc) is 2.15. The maximum Gasteiger partial charge on any atom is 0.255 e. The molecule has 0 aliphatic rings. The summed E-state index contributed by atoms with van der Waals surface area (Å²) < 4.78 is 5.07. The molecule has 3 N–H and O–H groups in total. The van der Waals surface area contributed by atoms with Crippen molar-refractivity contribution in [1.82, 2.24) is 0 Å². The lowest BCUT2D eigenvalue weighted by Crippen LogP contribution is -2.20. The maximum absolute atomic E-state index is 10.4. The molecule has 0 spiro atoms. The summed E-state index contributed by atoms with van der Waals surface area (Å²) in [7, 11) is 0. The topological polar surface area (TPSA) is 72.6 Å². The van der Waals surface area contributed by atoms with Gasteiger partial charge in [-0.3, -0.25) is 4.79 Å². The first-order chi connectivity index (χ1) is 6.59. The lowest BCUT2D eigenvalue weighted by atomic mass is 10.1. The van der Waals surface area contributed by atoms with Crippen LogP contribution in [0.1, 0.15) is 18.6 Å². The molecule has 0 unspecified atom stereocenters. The largest absolute Gasteiger partial charge is 0.484 e. The number of primary amides is 1. The minimum absolute atomic E-state index is 0.150. The monoisotopic (exact) mass is 195 g/mol. The fraction of sp³-hybridized carbons (Fsp3) is 0.300. The highest BCUT2D eigenvalue weighted by molar-refractivity contribution is 5.75. The molecule has 0 bridgehead atoms. The van der Waals surface area contributed by atoms with Crippen molar-refractivity contribution in [2.24, 2.45) is 5.73 Å². The van der Waals surface area contributed by atoms with Gasteiger partial charge in [-0.2, -0.15) is 0 Å². The van der Waals surface area contributed by atoms with Crippen molar-refractivity contribution in [3.8, 4) is 5.75 Å². The lowest BCUT2D eigenvalue weighted by molar-refractivity contribution is -0.119. The summed E-state index contributed by atoms with van der Waals surface area (Å²) in [6, 6.07) is 6.91. The second-order valence-corrected chi connectivity index (χ2v) is 3.00. The molecule has 0 saturated carbocycles. The highest BCUT2D eigenvalue weighted by Gasteiger charge is 2.02. The predicted molar refractivity (Wildman–Crippen MR) is 51.8 cm³/mol. The standard InChI is InChI=1S/C10H13NO3/c1-7(12)8-3-2-4-9(5-8)14-6-10(11)13/h2-5,7,12H,6H2,1H3,(H2,11,13)/t7-/m0/s1. The fourth-order valence-electron chi connectivity index (χ4n) is 1.02. The number of nitrogens with two attached hydrogens (primary N) is 1. The molecule has 1 rings (SSSR count). The number of rotatable bonds is 4. The van der Waals surface area contributed by atoms with Gasteiger partial charge in [-0.25, -0.2) is 0 Å². The van der Waals surface area contributed by atoms with Crippen LogP contribution in [0.3, 0.4) is 0 Å². The third kappa shape index (κ3) is 3.06. The summed E-state index contributed by atoms with van der Waals surface area (Å²) in [6.45, 7) is 1.51. The first-order valence-corrected chi connectivity index (χ1v) is 4.28. The summed E-state index contributed by atoms with van der Waals surface area (Å²) >= 11 is 0. The highest BCUT2D eigenvalue weighted by Crippen LogP contribution is 2.18. The number of ether oxygens (including phenoxy) is 1. The summed E-state index contributed by atoms with van der Waals surface area (Å²) in [5.74, 6) is 0.00894. The van der Waals surface area contributed by atoms with Gasteiger partial charge >= 0.3 is 0 Å². The van der Waals surface area contributed by atoms with Crippen molar-refractivity contribution in [2.45, 2.75) is 13.0 Å². The average molecular weight is 195 g/mol. The molecular formula is C10H13NO3. The van der Waals surface area contributed by atoms with E-state index in [1.807, 2.05) is 0 Å². The van der Waals surface area contributed by atoms with Crippen LogP contribution in [0, 0.1) is 0 Å². The van der Waals surface area contributed by atoms with Crippen molar-refractivity contribution >= 4 is 5.91 Å². The Bertz CT molecular complexity index is 323. The molecule has 0 heterocycles. The van der Waals surface area contributed by atoms with Crippen LogP contribution in [0.5, 0.6) is 5.75 Å². The van der Waals surface area contributed by atoms with E-state index in [1.54, 1.807) is 31.2 Å². The van der Waals surface area contributed by atoms with Gasteiger partial charge in [0.15, 0.2) is 6.61 Å². The van der Waals surface area contributed by atoms with Crippen LogP contribution in [0.4, 0.5) is 0 Å². The summed E-state index contributed by atoms with van der Waals surface area (Å²) in [5, 5.41) is 9.28. The summed E-state index contributed by atoms with van der Waals surface area (Å²) in [5.41, 5.74) is 5.67. The minimum Gasteiger partial charge on any atom is -0.484 e. The highest BCUT2D eigenvalue weighted by atomic mass is 16.5. The number of aliphatic hydroxyl groups excluding tert-OH is 1. The Morgan fingerprint density at radius 2 is 2.36 bits per heavy atom. The summed E-state index contributed by atoms with van der Waals surface area (Å²) in [6.07, 6.45) is -0.549. The molecular weight excluding hydrogens is 182 g/mol. The normalized spacial score (nSPS) is 12.1. The molecule has 14 heavy (non-hydrogen) atoms. The second kappa shape index (κ2) is 4.62. The van der Waals surface area contributed by atoms with Gasteiger partial charge in [0.05, 0.1) is 6.10 Å². The summed E-state index contributed by atoms with van der Waals surface area (Å²) in [4.78, 5) is 10.4. The minimum atomic E-state index is -0.549. The first-order valence-electron chi connectivity index (χ1n) is 4.28. The van der Waals surface area contributed by atoms with Crippen LogP contribution >= 0.6 is 0 Å². The van der Waals surface area contributed by atoms with E-state index in [0.717, 1.165) is 5.56 Å². The third-order valence-corrected chi connectivity index (χ3v) is 1.72. The Morgan fingerprint density at radius 3 is 2.93 bits per heavy atom. The van der Waals surface area contributed by atoms with Gasteiger partial charge < -0.3 is 15.6 Å². The maximum atomic E-state index is 10.4. The molecule has 4 nitrogen and oxygen atoms in total. The Hall–Kier alpha value is -1.55. The van der Waals surface area contributed by atoms with Gasteiger partial charge in [0.25, 0.3) is 5.91 Å². The Morgan fingerprint density at radius 1 is 1.64 bits per heavy atom. The number of hydrogen-bond donors (Lipinski definition) is 2. The molecule has 0 aliphatic heterocycles. The zero-order chi connectivity index (χ0) is 10.6. The van der Waals surface area contributed by atoms with Crippen molar-refractivity contribution in [1.29, 1.82) is 0 Å². The van der Waals surface area contributed by atoms with E-state index in [0.29, 0.717) is 5.75 Å². The molecule has 76 valence electrons. The second-order valence-electron chi connectivity index (χ2n) is 3.00. The molecule has 1 atom stereocenters. The van der Waals surface area contributed by atoms with Gasteiger partial charge in [0, 0.05) is 0 Å². The van der Waals surface area contributed by atoms with E-state index in [1.165, 1.54) is 0 Å². The predicted octanol–water partition coefficient (Wildman–Crippen LogP) is 0.604. The Labute approximate surface area is 82.3 Å². The van der Waals surface area contributed by atoms with Crippen LogP contribution in [-0.2, 0) is 4.79 Å². The molecule has 0 radical (unpaired) electrons. The molecule has 4 heteroatoms. The van der Waals surface area contributed by atoms with E-state index in [2.05, 4.69) is 0 Å². The van der Waals surface area contributed by atoms with E-state index in [9.17, 15) is 9.90 Å². The van der Waals surface area contributed by atoms with Crippen molar-refractivity contribution in [3.63, 3.8) is 0 Å². The van der Waals surface area contributed by atoms with Gasteiger partial charge in [-0.05, 0) is 24.6 Å². The smallest absolute Gasteiger partial charge is 0.255 e. The molecule has 1 aromatic carbocycles. The van der Waals surface area contributed by atoms with Gasteiger partial charge in [-0.1, -0.05) is 12.1 Å². The van der Waals surface area contributed by atoms with E-state index in [4.69, 9.17) is 10.5 Å². The SMILES string of the molecule is C[C@H](O)c1cccc(OCC(N)=O)c1. The van der Waals surface area contributed by atoms with Crippen LogP contribution in [-0.4, -0.2) is 17.6 Å². The van der Waals surface area contributed by atoms with Crippen LogP contribution < -0.4 is 10.5 Å². The molecule has 1 aromatic rings. The number of benzene rings is 1. The fourth-order valence-corrected chi connectivity index (χ4v) is 1.02. The third-order valence-electron chi connectivity index (χ3n) is 1.72. The van der Waals surface area contributed by atoms with E-state index in [-0.39, 0.29) is 6.61 Å². The molecule has 1 amide bonds. The van der Waals surface area contributed by atoms with Gasteiger partial charge in [0.2, 0.25) is 0 Å². The number of hydrogen-bond acceptors (Lipinski definition) is 3. The number of aliphatic hydroxyl groups is 1. The van der Waals surface area contributed by atoms with Crippen LogP contribution in [0.25, 0.3) is 0 Å². The lowest BCUT2D eigenvalue weighted by Gasteiger charge is -2.07. The molecule has 0 saturated heterocycles. The molecule has 0 aromatic heterocycles. The number of amides is 1. The zero-order valence-corrected chi connectivity index (χ0v) is 7.93. The number of carbonyl (C=O) groups is 1. The van der Waals surface area contributed by atoms with Crippen LogP contribution in [0.15, 0.2) is 24.3 Å². The Balaban J connectivity index is 2.68. The van der Waals surface area contributed by atoms with Gasteiger partial charge in [-0.15, -0.1) is 0 Å². The molecule has 0 fully saturated rings. The zero-order valence-electron chi connectivity index (χ0n) is 7.93.